The van der Waals surface area contributed by atoms with E-state index in [2.05, 4.69) is 21.2 Å². The number of halogens is 2. The fourth-order valence-electron chi connectivity index (χ4n) is 4.03. The lowest BCUT2D eigenvalue weighted by atomic mass is 10.1. The van der Waals surface area contributed by atoms with Gasteiger partial charge < -0.3 is 10.2 Å². The minimum absolute atomic E-state index is 0.0589. The van der Waals surface area contributed by atoms with E-state index in [9.17, 15) is 18.0 Å². The summed E-state index contributed by atoms with van der Waals surface area (Å²) < 4.78 is 29.4. The highest BCUT2D eigenvalue weighted by molar-refractivity contribution is 9.10. The molecule has 2 atom stereocenters. The van der Waals surface area contributed by atoms with Crippen molar-refractivity contribution in [2.24, 2.45) is 0 Å². The molecule has 0 saturated carbocycles. The van der Waals surface area contributed by atoms with Crippen molar-refractivity contribution in [3.63, 3.8) is 0 Å². The molecule has 0 bridgehead atoms. The number of nitrogens with one attached hydrogen (secondary N) is 1. The van der Waals surface area contributed by atoms with E-state index < -0.39 is 28.5 Å². The van der Waals surface area contributed by atoms with E-state index in [-0.39, 0.29) is 23.4 Å². The van der Waals surface area contributed by atoms with Crippen molar-refractivity contribution < 1.29 is 18.0 Å². The lowest BCUT2D eigenvalue weighted by Crippen LogP contribution is -2.53. The van der Waals surface area contributed by atoms with E-state index in [0.717, 1.165) is 16.3 Å². The van der Waals surface area contributed by atoms with E-state index in [0.29, 0.717) is 21.6 Å². The van der Waals surface area contributed by atoms with Gasteiger partial charge in [-0.25, -0.2) is 8.42 Å². The fraction of sp³-hybridized carbons (Fsp3) is 0.310. The molecule has 3 rings (SSSR count). The minimum Gasteiger partial charge on any atom is -0.352 e. The molecule has 0 radical (unpaired) electrons. The van der Waals surface area contributed by atoms with Crippen molar-refractivity contribution in [2.45, 2.75) is 57.1 Å². The first-order chi connectivity index (χ1) is 18.6. The van der Waals surface area contributed by atoms with Crippen LogP contribution in [0.4, 0.5) is 5.69 Å². The Bertz CT molecular complexity index is 1370. The topological polar surface area (TPSA) is 86.8 Å². The average molecular weight is 635 g/mol. The number of nitrogens with zero attached hydrogens (tertiary/aromatic N) is 2. The highest BCUT2D eigenvalue weighted by Crippen LogP contribution is 2.27. The SMILES string of the molecule is CC[C@@H](C)NC(=O)[C@H](CC)N(Cc1ccc(Cl)cc1)C(=O)CN(c1cccc(Br)c1)S(=O)(=O)c1ccccc1. The number of carbonyl (C=O) groups excluding carboxylic acids is 2. The lowest BCUT2D eigenvalue weighted by molar-refractivity contribution is -0.140. The summed E-state index contributed by atoms with van der Waals surface area (Å²) >= 11 is 9.46. The summed E-state index contributed by atoms with van der Waals surface area (Å²) in [7, 11) is -4.11. The quantitative estimate of drug-likeness (QED) is 0.264. The van der Waals surface area contributed by atoms with Gasteiger partial charge in [-0.15, -0.1) is 0 Å². The predicted octanol–water partition coefficient (Wildman–Crippen LogP) is 6.02. The largest absolute Gasteiger partial charge is 0.352 e. The number of carbonyl (C=O) groups is 2. The molecule has 0 unspecified atom stereocenters. The first kappa shape index (κ1) is 30.7. The van der Waals surface area contributed by atoms with Crippen LogP contribution in [0.3, 0.4) is 0 Å². The highest BCUT2D eigenvalue weighted by Gasteiger charge is 2.34. The Morgan fingerprint density at radius 3 is 2.21 bits per heavy atom. The van der Waals surface area contributed by atoms with Gasteiger partial charge in [0.2, 0.25) is 11.8 Å². The number of hydrogen-bond acceptors (Lipinski definition) is 4. The van der Waals surface area contributed by atoms with Crippen LogP contribution in [0, 0.1) is 0 Å². The Morgan fingerprint density at radius 2 is 1.62 bits per heavy atom. The molecule has 3 aromatic carbocycles. The normalized spacial score (nSPS) is 12.8. The highest BCUT2D eigenvalue weighted by atomic mass is 79.9. The molecule has 0 spiro atoms. The summed E-state index contributed by atoms with van der Waals surface area (Å²) in [5, 5.41) is 3.52. The third-order valence-corrected chi connectivity index (χ3v) is 8.89. The second-order valence-corrected chi connectivity index (χ2v) is 12.4. The van der Waals surface area contributed by atoms with Crippen LogP contribution in [-0.4, -0.2) is 43.8 Å². The number of hydrogen-bond donors (Lipinski definition) is 1. The Balaban J connectivity index is 2.04. The van der Waals surface area contributed by atoms with Crippen molar-refractivity contribution >= 4 is 55.1 Å². The van der Waals surface area contributed by atoms with Gasteiger partial charge >= 0.3 is 0 Å². The Morgan fingerprint density at radius 1 is 0.949 bits per heavy atom. The van der Waals surface area contributed by atoms with Crippen molar-refractivity contribution in [2.75, 3.05) is 10.8 Å². The molecule has 1 N–H and O–H groups in total. The molecule has 39 heavy (non-hydrogen) atoms. The van der Waals surface area contributed by atoms with Crippen LogP contribution < -0.4 is 9.62 Å². The number of anilines is 1. The van der Waals surface area contributed by atoms with Gasteiger partial charge in [-0.05, 0) is 67.8 Å². The predicted molar refractivity (Wildman–Crippen MR) is 159 cm³/mol. The van der Waals surface area contributed by atoms with Crippen molar-refractivity contribution in [1.29, 1.82) is 0 Å². The zero-order chi connectivity index (χ0) is 28.6. The monoisotopic (exact) mass is 633 g/mol. The van der Waals surface area contributed by atoms with Crippen LogP contribution >= 0.6 is 27.5 Å². The number of amides is 2. The lowest BCUT2D eigenvalue weighted by Gasteiger charge is -2.33. The average Bonchev–Trinajstić information content (AvgIpc) is 2.92. The minimum atomic E-state index is -4.11. The second kappa shape index (κ2) is 14.0. The molecule has 0 heterocycles. The number of sulfonamides is 1. The molecule has 3 aromatic rings. The molecule has 10 heteroatoms. The molecule has 2 amide bonds. The molecule has 7 nitrogen and oxygen atoms in total. The zero-order valence-corrected chi connectivity index (χ0v) is 25.3. The molecular weight excluding hydrogens is 602 g/mol. The van der Waals surface area contributed by atoms with Crippen molar-refractivity contribution in [3.8, 4) is 0 Å². The summed E-state index contributed by atoms with van der Waals surface area (Å²) in [6.07, 6.45) is 1.09. The van der Waals surface area contributed by atoms with E-state index in [4.69, 9.17) is 11.6 Å². The van der Waals surface area contributed by atoms with Gasteiger partial charge in [0, 0.05) is 22.1 Å². The van der Waals surface area contributed by atoms with Crippen molar-refractivity contribution in [3.05, 3.63) is 93.9 Å². The molecule has 0 aliphatic rings. The summed E-state index contributed by atoms with van der Waals surface area (Å²) in [5.74, 6) is -0.787. The van der Waals surface area contributed by atoms with Gasteiger partial charge in [0.05, 0.1) is 10.6 Å². The number of rotatable bonds is 12. The van der Waals surface area contributed by atoms with Gasteiger partial charge in [-0.2, -0.15) is 0 Å². The van der Waals surface area contributed by atoms with Crippen LogP contribution in [-0.2, 0) is 26.2 Å². The molecule has 0 aliphatic carbocycles. The third-order valence-electron chi connectivity index (χ3n) is 6.36. The van der Waals surface area contributed by atoms with E-state index >= 15 is 0 Å². The van der Waals surface area contributed by atoms with Crippen LogP contribution in [0.2, 0.25) is 5.02 Å². The van der Waals surface area contributed by atoms with Crippen molar-refractivity contribution in [1.82, 2.24) is 10.2 Å². The molecule has 0 aromatic heterocycles. The summed E-state index contributed by atoms with van der Waals surface area (Å²) in [5.41, 5.74) is 1.09. The standard InChI is InChI=1S/C29H33BrClN3O4S/c1-4-21(3)32-29(36)27(5-2)33(19-22-14-16-24(31)17-15-22)28(35)20-34(25-11-9-10-23(30)18-25)39(37,38)26-12-7-6-8-13-26/h6-18,21,27H,4-5,19-20H2,1-3H3,(H,32,36)/t21-,27+/m1/s1. The first-order valence-corrected chi connectivity index (χ1v) is 15.4. The van der Waals surface area contributed by atoms with Gasteiger partial charge in [-0.3, -0.25) is 13.9 Å². The fourth-order valence-corrected chi connectivity index (χ4v) is 5.97. The van der Waals surface area contributed by atoms with Gasteiger partial charge in [0.1, 0.15) is 12.6 Å². The van der Waals surface area contributed by atoms with Crippen LogP contribution in [0.15, 0.2) is 88.2 Å². The van der Waals surface area contributed by atoms with Crippen LogP contribution in [0.1, 0.15) is 39.2 Å². The second-order valence-electron chi connectivity index (χ2n) is 9.19. The number of benzene rings is 3. The molecule has 0 fully saturated rings. The molecule has 208 valence electrons. The van der Waals surface area contributed by atoms with Gasteiger partial charge in [0.25, 0.3) is 10.0 Å². The zero-order valence-electron chi connectivity index (χ0n) is 22.2. The third kappa shape index (κ3) is 8.06. The first-order valence-electron chi connectivity index (χ1n) is 12.7. The molecule has 0 saturated heterocycles. The Kier molecular flexibility index (Phi) is 11.0. The molecular formula is C29H33BrClN3O4S. The Hall–Kier alpha value is -2.88. The maximum atomic E-state index is 14.0. The maximum absolute atomic E-state index is 14.0. The molecule has 0 aliphatic heterocycles. The summed E-state index contributed by atoms with van der Waals surface area (Å²) in [6.45, 7) is 5.31. The smallest absolute Gasteiger partial charge is 0.264 e. The maximum Gasteiger partial charge on any atom is 0.264 e. The summed E-state index contributed by atoms with van der Waals surface area (Å²) in [6, 6.07) is 20.9. The van der Waals surface area contributed by atoms with Crippen LogP contribution in [0.5, 0.6) is 0 Å². The van der Waals surface area contributed by atoms with Gasteiger partial charge in [-0.1, -0.05) is 77.8 Å². The van der Waals surface area contributed by atoms with Crippen LogP contribution in [0.25, 0.3) is 0 Å². The summed E-state index contributed by atoms with van der Waals surface area (Å²) in [4.78, 5) is 28.8. The van der Waals surface area contributed by atoms with E-state index in [1.807, 2.05) is 20.8 Å². The van der Waals surface area contributed by atoms with Gasteiger partial charge in [0.15, 0.2) is 0 Å². The van der Waals surface area contributed by atoms with E-state index in [1.165, 1.54) is 17.0 Å². The Labute approximate surface area is 244 Å². The van der Waals surface area contributed by atoms with E-state index in [1.54, 1.807) is 66.7 Å².